The number of carbonyl (C=O) groups excluding carboxylic acids is 3. The van der Waals surface area contributed by atoms with Crippen LogP contribution in [0.15, 0.2) is 66.8 Å². The zero-order chi connectivity index (χ0) is 29.6. The molecule has 0 saturated carbocycles. The predicted octanol–water partition coefficient (Wildman–Crippen LogP) is 4.40. The van der Waals surface area contributed by atoms with E-state index in [1.165, 1.54) is 0 Å². The highest BCUT2D eigenvalue weighted by atomic mass is 16.6. The minimum absolute atomic E-state index is 0.0905. The highest BCUT2D eigenvalue weighted by Gasteiger charge is 2.76. The number of cyclic esters (lactones) is 1. The van der Waals surface area contributed by atoms with Crippen molar-refractivity contribution < 1.29 is 29.0 Å². The molecule has 1 N–H and O–H groups in total. The highest BCUT2D eigenvalue weighted by Crippen LogP contribution is 2.59. The molecule has 0 radical (unpaired) electrons. The number of rotatable bonds is 6. The SMILES string of the molecule is CC[C@H](C)[C@H](CO)N1C(=O)[C@@H]2[C@H]3C(=O)OCCC/C=C\[C@@]3(CC)O[C@@]23C=CCN(c2ccc4ccccc4c2)C(=O)C13. The molecule has 8 nitrogen and oxygen atoms in total. The molecule has 2 saturated heterocycles. The molecule has 4 aliphatic heterocycles. The lowest BCUT2D eigenvalue weighted by Crippen LogP contribution is -2.60. The van der Waals surface area contributed by atoms with Crippen LogP contribution >= 0.6 is 0 Å². The summed E-state index contributed by atoms with van der Waals surface area (Å²) in [6, 6.07) is 12.2. The predicted molar refractivity (Wildman–Crippen MR) is 160 cm³/mol. The Balaban J connectivity index is 1.53. The highest BCUT2D eigenvalue weighted by molar-refractivity contribution is 6.06. The van der Waals surface area contributed by atoms with Crippen LogP contribution in [0.4, 0.5) is 5.69 Å². The maximum Gasteiger partial charge on any atom is 0.313 e. The first kappa shape index (κ1) is 28.6. The number of nitrogens with zero attached hydrogens (tertiary/aromatic N) is 2. The summed E-state index contributed by atoms with van der Waals surface area (Å²) in [6.07, 6.45) is 10.2. The molecular formula is C34H40N2O6. The van der Waals surface area contributed by atoms with Gasteiger partial charge in [0.25, 0.3) is 5.91 Å². The Hall–Kier alpha value is -3.49. The third-order valence-corrected chi connectivity index (χ3v) is 9.96. The normalized spacial score (nSPS) is 33.1. The molecule has 8 heteroatoms. The Bertz CT molecular complexity index is 1450. The number of benzene rings is 2. The molecule has 2 aromatic rings. The van der Waals surface area contributed by atoms with Gasteiger partial charge in [-0.25, -0.2) is 0 Å². The average molecular weight is 573 g/mol. The van der Waals surface area contributed by atoms with Crippen molar-refractivity contribution in [1.29, 1.82) is 0 Å². The van der Waals surface area contributed by atoms with E-state index in [4.69, 9.17) is 9.47 Å². The Morgan fingerprint density at radius 2 is 1.79 bits per heavy atom. The number of amides is 2. The fourth-order valence-corrected chi connectivity index (χ4v) is 7.56. The van der Waals surface area contributed by atoms with Crippen molar-refractivity contribution in [3.63, 3.8) is 0 Å². The monoisotopic (exact) mass is 572 g/mol. The lowest BCUT2D eigenvalue weighted by Gasteiger charge is -2.42. The fraction of sp³-hybridized carbons (Fsp3) is 0.500. The molecule has 222 valence electrons. The topological polar surface area (TPSA) is 96.4 Å². The third-order valence-electron chi connectivity index (χ3n) is 9.96. The number of esters is 1. The Labute approximate surface area is 246 Å². The van der Waals surface area contributed by atoms with E-state index in [9.17, 15) is 19.5 Å². The lowest BCUT2D eigenvalue weighted by molar-refractivity contribution is -0.161. The smallest absolute Gasteiger partial charge is 0.313 e. The van der Waals surface area contributed by atoms with Gasteiger partial charge in [-0.05, 0) is 48.1 Å². The van der Waals surface area contributed by atoms with Gasteiger partial charge in [0.15, 0.2) is 0 Å². The van der Waals surface area contributed by atoms with E-state index in [2.05, 4.69) is 0 Å². The van der Waals surface area contributed by atoms with Crippen LogP contribution in [0.5, 0.6) is 0 Å². The molecule has 2 fully saturated rings. The van der Waals surface area contributed by atoms with E-state index >= 15 is 0 Å². The summed E-state index contributed by atoms with van der Waals surface area (Å²) < 4.78 is 12.7. The summed E-state index contributed by atoms with van der Waals surface area (Å²) in [7, 11) is 0. The van der Waals surface area contributed by atoms with Crippen LogP contribution in [0.3, 0.4) is 0 Å². The van der Waals surface area contributed by atoms with E-state index in [1.54, 1.807) is 9.80 Å². The lowest BCUT2D eigenvalue weighted by atomic mass is 9.73. The number of aliphatic hydroxyl groups is 1. The van der Waals surface area contributed by atoms with Crippen LogP contribution in [-0.4, -0.2) is 70.8 Å². The van der Waals surface area contributed by atoms with E-state index in [-0.39, 0.29) is 37.5 Å². The van der Waals surface area contributed by atoms with Crippen molar-refractivity contribution in [3.05, 3.63) is 66.8 Å². The Morgan fingerprint density at radius 3 is 2.52 bits per heavy atom. The number of anilines is 1. The second kappa shape index (κ2) is 11.0. The number of ether oxygens (including phenoxy) is 2. The van der Waals surface area contributed by atoms with Crippen LogP contribution in [0.1, 0.15) is 46.5 Å². The number of hydrogen-bond donors (Lipinski definition) is 1. The summed E-state index contributed by atoms with van der Waals surface area (Å²) in [5.41, 5.74) is -1.78. The van der Waals surface area contributed by atoms with Gasteiger partial charge in [-0.3, -0.25) is 14.4 Å². The van der Waals surface area contributed by atoms with E-state index in [0.717, 1.165) is 17.2 Å². The molecule has 7 atom stereocenters. The molecule has 0 aliphatic carbocycles. The van der Waals surface area contributed by atoms with Crippen LogP contribution in [0, 0.1) is 17.8 Å². The molecule has 6 rings (SSSR count). The molecule has 0 bridgehead atoms. The number of allylic oxidation sites excluding steroid dienone is 1. The van der Waals surface area contributed by atoms with E-state index in [0.29, 0.717) is 24.9 Å². The first-order valence-electron chi connectivity index (χ1n) is 15.3. The zero-order valence-corrected chi connectivity index (χ0v) is 24.6. The summed E-state index contributed by atoms with van der Waals surface area (Å²) in [4.78, 5) is 46.5. The molecule has 42 heavy (non-hydrogen) atoms. The molecule has 2 amide bonds. The first-order chi connectivity index (χ1) is 20.3. The van der Waals surface area contributed by atoms with Gasteiger partial charge in [0, 0.05) is 12.2 Å². The number of fused-ring (bicyclic) bond motifs is 3. The number of hydrogen-bond acceptors (Lipinski definition) is 6. The van der Waals surface area contributed by atoms with Gasteiger partial charge in [0.1, 0.15) is 23.2 Å². The van der Waals surface area contributed by atoms with Crippen LogP contribution in [0.2, 0.25) is 0 Å². The van der Waals surface area contributed by atoms with Gasteiger partial charge in [-0.1, -0.05) is 81.8 Å². The quantitative estimate of drug-likeness (QED) is 0.407. The molecular weight excluding hydrogens is 532 g/mol. The first-order valence-corrected chi connectivity index (χ1v) is 15.3. The van der Waals surface area contributed by atoms with Gasteiger partial charge < -0.3 is 24.4 Å². The maximum absolute atomic E-state index is 14.9. The van der Waals surface area contributed by atoms with Gasteiger partial charge >= 0.3 is 5.97 Å². The molecule has 2 aromatic carbocycles. The summed E-state index contributed by atoms with van der Waals surface area (Å²) >= 11 is 0. The second-order valence-corrected chi connectivity index (χ2v) is 12.1. The van der Waals surface area contributed by atoms with E-state index in [1.807, 2.05) is 87.5 Å². The van der Waals surface area contributed by atoms with Gasteiger partial charge in [0.05, 0.1) is 25.2 Å². The molecule has 0 aromatic heterocycles. The zero-order valence-electron chi connectivity index (χ0n) is 24.6. The van der Waals surface area contributed by atoms with E-state index < -0.39 is 41.1 Å². The maximum atomic E-state index is 14.9. The van der Waals surface area contributed by atoms with Crippen molar-refractivity contribution in [2.75, 3.05) is 24.7 Å². The Kier molecular flexibility index (Phi) is 7.48. The largest absolute Gasteiger partial charge is 0.465 e. The van der Waals surface area contributed by atoms with Crippen molar-refractivity contribution in [2.24, 2.45) is 17.8 Å². The van der Waals surface area contributed by atoms with Gasteiger partial charge in [-0.15, -0.1) is 0 Å². The number of aliphatic hydroxyl groups excluding tert-OH is 1. The summed E-state index contributed by atoms with van der Waals surface area (Å²) in [5.74, 6) is -3.08. The van der Waals surface area contributed by atoms with Crippen LogP contribution < -0.4 is 4.90 Å². The van der Waals surface area contributed by atoms with Gasteiger partial charge in [-0.2, -0.15) is 0 Å². The van der Waals surface area contributed by atoms with Crippen molar-refractivity contribution in [1.82, 2.24) is 4.90 Å². The Morgan fingerprint density at radius 1 is 1.00 bits per heavy atom. The minimum Gasteiger partial charge on any atom is -0.465 e. The second-order valence-electron chi connectivity index (χ2n) is 12.1. The fourth-order valence-electron chi connectivity index (χ4n) is 7.56. The molecule has 1 unspecified atom stereocenters. The number of likely N-dealkylation sites (tertiary alicyclic amines) is 1. The minimum atomic E-state index is -1.40. The van der Waals surface area contributed by atoms with Gasteiger partial charge in [0.2, 0.25) is 5.91 Å². The summed E-state index contributed by atoms with van der Waals surface area (Å²) in [6.45, 7) is 6.15. The van der Waals surface area contributed by atoms with Crippen LogP contribution in [-0.2, 0) is 23.9 Å². The standard InChI is InChI=1S/C34H40N2O6/c1-4-22(3)26(21-37)36-29-31(39)35(25-15-14-23-12-7-8-13-24(23)20-25)18-11-17-34(29)27(30(36)38)28-32(40)41-19-10-6-9-16-33(28,5-2)42-34/h7-9,11-17,20,22,26-29,37H,4-6,10,18-19,21H2,1-3H3/b16-9-/t22-,26-,27-,28-,29?,33+,34-/m0/s1. The molecule has 4 aliphatic rings. The molecule has 1 spiro atoms. The van der Waals surface area contributed by atoms with Crippen LogP contribution in [0.25, 0.3) is 10.8 Å². The van der Waals surface area contributed by atoms with Crippen molar-refractivity contribution in [2.45, 2.75) is 69.7 Å². The van der Waals surface area contributed by atoms with Crippen molar-refractivity contribution >= 4 is 34.2 Å². The molecule has 4 heterocycles. The average Bonchev–Trinajstić information content (AvgIpc) is 3.38. The number of carbonyl (C=O) groups is 3. The van der Waals surface area contributed by atoms with Crippen molar-refractivity contribution in [3.8, 4) is 0 Å². The summed E-state index contributed by atoms with van der Waals surface area (Å²) in [5, 5.41) is 12.7. The third kappa shape index (κ3) is 4.21.